The minimum absolute atomic E-state index is 0.123. The Kier molecular flexibility index (Phi) is 4.35. The molecule has 9 nitrogen and oxygen atoms in total. The van der Waals surface area contributed by atoms with Gasteiger partial charge in [0.1, 0.15) is 23.4 Å². The highest BCUT2D eigenvalue weighted by atomic mass is 16.2. The quantitative estimate of drug-likeness (QED) is 0.487. The average molecular weight is 402 g/mol. The number of carbonyl (C=O) groups excluding carboxylic acids is 1. The molecule has 30 heavy (non-hydrogen) atoms. The van der Waals surface area contributed by atoms with Crippen molar-refractivity contribution in [3.63, 3.8) is 0 Å². The highest BCUT2D eigenvalue weighted by Gasteiger charge is 2.29. The summed E-state index contributed by atoms with van der Waals surface area (Å²) in [5, 5.41) is 8.18. The van der Waals surface area contributed by atoms with Crippen LogP contribution in [0.1, 0.15) is 24.6 Å². The van der Waals surface area contributed by atoms with Gasteiger partial charge in [0.25, 0.3) is 0 Å². The molecule has 2 amide bonds. The molecule has 1 saturated heterocycles. The highest BCUT2D eigenvalue weighted by molar-refractivity contribution is 5.91. The summed E-state index contributed by atoms with van der Waals surface area (Å²) in [5.41, 5.74) is 9.59. The number of amides is 2. The van der Waals surface area contributed by atoms with E-state index in [0.717, 1.165) is 41.0 Å². The predicted octanol–water partition coefficient (Wildman–Crippen LogP) is 2.89. The molecular weight excluding hydrogens is 380 g/mol. The number of nitrogen functional groups attached to an aromatic ring is 1. The van der Waals surface area contributed by atoms with Gasteiger partial charge < -0.3 is 20.9 Å². The normalized spacial score (nSPS) is 15.0. The Bertz CT molecular complexity index is 1220. The number of nitrogens with zero attached hydrogens (tertiary/aromatic N) is 5. The van der Waals surface area contributed by atoms with E-state index in [1.807, 2.05) is 18.2 Å². The number of fused-ring (bicyclic) bond motifs is 2. The first-order valence-electron chi connectivity index (χ1n) is 9.89. The van der Waals surface area contributed by atoms with Gasteiger partial charge in [-0.05, 0) is 31.2 Å². The first kappa shape index (κ1) is 18.2. The van der Waals surface area contributed by atoms with Gasteiger partial charge in [0.05, 0.1) is 5.69 Å². The molecule has 0 radical (unpaired) electrons. The molecular formula is C21H22N8O. The number of H-pyrrole nitrogens is 1. The molecule has 1 aliphatic rings. The number of benzene rings is 1. The van der Waals surface area contributed by atoms with Crippen molar-refractivity contribution in [1.82, 2.24) is 34.8 Å². The van der Waals surface area contributed by atoms with Gasteiger partial charge in [-0.25, -0.2) is 19.3 Å². The maximum absolute atomic E-state index is 12.1. The number of nitrogens with one attached hydrogen (secondary N) is 2. The fourth-order valence-corrected chi connectivity index (χ4v) is 4.15. The second-order valence-corrected chi connectivity index (χ2v) is 7.41. The zero-order valence-corrected chi connectivity index (χ0v) is 16.4. The van der Waals surface area contributed by atoms with Gasteiger partial charge in [-0.2, -0.15) is 5.10 Å². The molecule has 1 aliphatic heterocycles. The van der Waals surface area contributed by atoms with Crippen LogP contribution in [-0.2, 0) is 0 Å². The van der Waals surface area contributed by atoms with E-state index in [-0.39, 0.29) is 11.9 Å². The lowest BCUT2D eigenvalue weighted by Crippen LogP contribution is -2.42. The van der Waals surface area contributed by atoms with Crippen LogP contribution in [0.2, 0.25) is 0 Å². The number of urea groups is 1. The van der Waals surface area contributed by atoms with E-state index >= 15 is 0 Å². The average Bonchev–Trinajstić information content (AvgIpc) is 3.36. The number of piperidine rings is 1. The number of hydrogen-bond acceptors (Lipinski definition) is 5. The second-order valence-electron chi connectivity index (χ2n) is 7.41. The molecule has 4 N–H and O–H groups in total. The highest BCUT2D eigenvalue weighted by Crippen LogP contribution is 2.34. The number of aromatic nitrogens is 5. The van der Waals surface area contributed by atoms with E-state index in [1.54, 1.807) is 9.42 Å². The summed E-state index contributed by atoms with van der Waals surface area (Å²) >= 11 is 0. The number of likely N-dealkylation sites (tertiary alicyclic amines) is 1. The molecule has 1 fully saturated rings. The number of para-hydroxylation sites is 1. The van der Waals surface area contributed by atoms with Gasteiger partial charge in [0, 0.05) is 29.9 Å². The van der Waals surface area contributed by atoms with Gasteiger partial charge in [-0.15, -0.1) is 0 Å². The van der Waals surface area contributed by atoms with Crippen molar-refractivity contribution < 1.29 is 4.79 Å². The predicted molar refractivity (Wildman–Crippen MR) is 115 cm³/mol. The van der Waals surface area contributed by atoms with Crippen LogP contribution in [0.25, 0.3) is 27.8 Å². The molecule has 4 aromatic rings. The molecule has 0 aliphatic carbocycles. The van der Waals surface area contributed by atoms with Crippen LogP contribution in [0.4, 0.5) is 10.6 Å². The van der Waals surface area contributed by atoms with Crippen molar-refractivity contribution in [2.45, 2.75) is 18.8 Å². The number of hydrogen-bond donors (Lipinski definition) is 3. The van der Waals surface area contributed by atoms with Crippen LogP contribution in [0.15, 0.2) is 49.4 Å². The number of aromatic amines is 1. The van der Waals surface area contributed by atoms with Crippen LogP contribution in [0, 0.1) is 0 Å². The van der Waals surface area contributed by atoms with Crippen LogP contribution < -0.4 is 11.1 Å². The maximum Gasteiger partial charge on any atom is 0.321 e. The van der Waals surface area contributed by atoms with E-state index in [4.69, 9.17) is 10.7 Å². The van der Waals surface area contributed by atoms with Gasteiger partial charge in [-0.3, -0.25) is 0 Å². The Labute approximate surface area is 172 Å². The van der Waals surface area contributed by atoms with Crippen molar-refractivity contribution in [3.05, 3.63) is 55.3 Å². The summed E-state index contributed by atoms with van der Waals surface area (Å²) < 4.78 is 1.80. The standard InChI is InChI=1S/C21H22N8O/c1-2-23-21(30)28-9-7-13(8-10-28)20-27-17(18-19(22)24-12-25-29(18)20)16-11-14-5-3-4-6-15(14)26-16/h2-6,11-13,26H,1,7-10H2,(H,23,30)(H2,22,24,25). The first-order valence-corrected chi connectivity index (χ1v) is 9.89. The Morgan fingerprint density at radius 1 is 1.30 bits per heavy atom. The third-order valence-electron chi connectivity index (χ3n) is 5.64. The Morgan fingerprint density at radius 2 is 2.10 bits per heavy atom. The topological polar surface area (TPSA) is 117 Å². The van der Waals surface area contributed by atoms with Crippen LogP contribution in [0.3, 0.4) is 0 Å². The summed E-state index contributed by atoms with van der Waals surface area (Å²) in [4.78, 5) is 26.4. The molecule has 0 unspecified atom stereocenters. The lowest BCUT2D eigenvalue weighted by molar-refractivity contribution is 0.183. The van der Waals surface area contributed by atoms with Gasteiger partial charge in [0.2, 0.25) is 0 Å². The SMILES string of the molecule is C=CNC(=O)N1CCC(c2nc(-c3cc4ccccc4[nH]3)c3c(N)ncnn23)CC1. The molecule has 9 heteroatoms. The maximum atomic E-state index is 12.1. The number of imidazole rings is 1. The molecule has 1 aromatic carbocycles. The van der Waals surface area contributed by atoms with Gasteiger partial charge in [-0.1, -0.05) is 24.8 Å². The van der Waals surface area contributed by atoms with Crippen molar-refractivity contribution >= 4 is 28.3 Å². The molecule has 0 spiro atoms. The van der Waals surface area contributed by atoms with Crippen LogP contribution in [-0.4, -0.2) is 48.6 Å². The summed E-state index contributed by atoms with van der Waals surface area (Å²) in [6, 6.07) is 10.0. The minimum atomic E-state index is -0.123. The van der Waals surface area contributed by atoms with E-state index in [9.17, 15) is 4.79 Å². The largest absolute Gasteiger partial charge is 0.382 e. The minimum Gasteiger partial charge on any atom is -0.382 e. The first-order chi connectivity index (χ1) is 14.7. The van der Waals surface area contributed by atoms with Crippen LogP contribution in [0.5, 0.6) is 0 Å². The van der Waals surface area contributed by atoms with Gasteiger partial charge >= 0.3 is 6.03 Å². The van der Waals surface area contributed by atoms with Crippen molar-refractivity contribution in [1.29, 1.82) is 0 Å². The van der Waals surface area contributed by atoms with E-state index < -0.39 is 0 Å². The fraction of sp³-hybridized carbons (Fsp3) is 0.238. The molecule has 3 aromatic heterocycles. The number of carbonyl (C=O) groups is 1. The van der Waals surface area contributed by atoms with Crippen molar-refractivity contribution in [2.24, 2.45) is 0 Å². The fourth-order valence-electron chi connectivity index (χ4n) is 4.15. The lowest BCUT2D eigenvalue weighted by Gasteiger charge is -2.30. The molecule has 4 heterocycles. The van der Waals surface area contributed by atoms with Crippen molar-refractivity contribution in [2.75, 3.05) is 18.8 Å². The monoisotopic (exact) mass is 402 g/mol. The van der Waals surface area contributed by atoms with Crippen LogP contribution >= 0.6 is 0 Å². The third kappa shape index (κ3) is 2.95. The van der Waals surface area contributed by atoms with E-state index in [0.29, 0.717) is 24.4 Å². The van der Waals surface area contributed by atoms with E-state index in [2.05, 4.69) is 39.1 Å². The zero-order chi connectivity index (χ0) is 20.7. The number of rotatable bonds is 3. The molecule has 0 bridgehead atoms. The van der Waals surface area contributed by atoms with Crippen molar-refractivity contribution in [3.8, 4) is 11.4 Å². The smallest absolute Gasteiger partial charge is 0.321 e. The molecule has 0 saturated carbocycles. The lowest BCUT2D eigenvalue weighted by atomic mass is 9.96. The van der Waals surface area contributed by atoms with Gasteiger partial charge in [0.15, 0.2) is 5.82 Å². The summed E-state index contributed by atoms with van der Waals surface area (Å²) in [6.45, 7) is 4.83. The summed E-state index contributed by atoms with van der Waals surface area (Å²) in [5.74, 6) is 1.40. The zero-order valence-electron chi connectivity index (χ0n) is 16.4. The van der Waals surface area contributed by atoms with E-state index in [1.165, 1.54) is 12.5 Å². The Balaban J connectivity index is 1.53. The third-order valence-corrected chi connectivity index (χ3v) is 5.64. The second kappa shape index (κ2) is 7.18. The molecule has 0 atom stereocenters. The number of anilines is 1. The Morgan fingerprint density at radius 3 is 2.87 bits per heavy atom. The molecule has 152 valence electrons. The Hall–Kier alpha value is -3.88. The summed E-state index contributed by atoms with van der Waals surface area (Å²) in [6.07, 6.45) is 4.44. The molecule has 5 rings (SSSR count). The number of nitrogens with two attached hydrogens (primary N) is 1. The summed E-state index contributed by atoms with van der Waals surface area (Å²) in [7, 11) is 0.